The van der Waals surface area contributed by atoms with Crippen molar-refractivity contribution in [2.45, 2.75) is 12.0 Å². The molecule has 3 heterocycles. The van der Waals surface area contributed by atoms with E-state index >= 15 is 0 Å². The van der Waals surface area contributed by atoms with Crippen LogP contribution in [0.1, 0.15) is 11.5 Å². The van der Waals surface area contributed by atoms with Gasteiger partial charge in [-0.25, -0.2) is 0 Å². The topological polar surface area (TPSA) is 19.1 Å². The first-order valence-electron chi connectivity index (χ1n) is 17.1. The van der Waals surface area contributed by atoms with Crippen LogP contribution in [0.3, 0.4) is 0 Å². The van der Waals surface area contributed by atoms with Crippen molar-refractivity contribution in [3.8, 4) is 39.4 Å². The summed E-state index contributed by atoms with van der Waals surface area (Å²) in [6.07, 6.45) is 8.78. The van der Waals surface area contributed by atoms with E-state index < -0.39 is 0 Å². The molecule has 0 N–H and O–H groups in total. The molecule has 228 valence electrons. The maximum absolute atomic E-state index is 6.58. The minimum Gasteiger partial charge on any atom is -0.485 e. The first-order valence-corrected chi connectivity index (χ1v) is 17.1. The zero-order valence-corrected chi connectivity index (χ0v) is 26.5. The predicted molar refractivity (Wildman–Crippen MR) is 202 cm³/mol. The van der Waals surface area contributed by atoms with Crippen LogP contribution in [0.15, 0.2) is 158 Å². The quantitative estimate of drug-likeness (QED) is 0.187. The largest absolute Gasteiger partial charge is 0.485 e. The monoisotopic (exact) mass is 624 g/mol. The van der Waals surface area contributed by atoms with Crippen LogP contribution >= 0.6 is 0 Å². The molecule has 9 aromatic rings. The van der Waals surface area contributed by atoms with Gasteiger partial charge in [-0.1, -0.05) is 109 Å². The van der Waals surface area contributed by atoms with Crippen molar-refractivity contribution in [2.24, 2.45) is 0 Å². The van der Waals surface area contributed by atoms with E-state index in [0.717, 1.165) is 11.4 Å². The number of para-hydroxylation sites is 2. The highest BCUT2D eigenvalue weighted by Gasteiger charge is 2.36. The number of hydrogen-bond acceptors (Lipinski definition) is 1. The summed E-state index contributed by atoms with van der Waals surface area (Å²) in [6.45, 7) is 0. The lowest BCUT2D eigenvalue weighted by molar-refractivity contribution is 0.269. The molecule has 1 aliphatic heterocycles. The molecule has 3 nitrogen and oxygen atoms in total. The smallest absolute Gasteiger partial charge is 0.128 e. The van der Waals surface area contributed by atoms with Gasteiger partial charge in [-0.15, -0.1) is 0 Å². The Balaban J connectivity index is 1.28. The van der Waals surface area contributed by atoms with Gasteiger partial charge >= 0.3 is 0 Å². The predicted octanol–water partition coefficient (Wildman–Crippen LogP) is 11.7. The standard InChI is InChI=1S/C46H28N2O/c1-2-11-27(12-3-1)47-39-25-22-33-30-15-6-8-19-37(30)48(38-24-21-32-29-14-5-4-13-28(29)31-17-10-18-34(38)42(31)32)45(33)43(39)36-23-26-41-44(46(36)47)35-16-7-9-20-40(35)49-41/h1-26,35,40H. The van der Waals surface area contributed by atoms with E-state index in [1.165, 1.54) is 87.9 Å². The number of fused-ring (bicyclic) bond motifs is 14. The molecular weight excluding hydrogens is 597 g/mol. The molecule has 2 unspecified atom stereocenters. The minimum atomic E-state index is 0.0111. The number of aromatic nitrogens is 2. The van der Waals surface area contributed by atoms with E-state index in [1.807, 2.05) is 0 Å². The van der Waals surface area contributed by atoms with Crippen LogP contribution in [0.4, 0.5) is 0 Å². The molecule has 0 saturated carbocycles. The summed E-state index contributed by atoms with van der Waals surface area (Å²) in [5.41, 5.74) is 13.8. The normalized spacial score (nSPS) is 17.0. The lowest BCUT2D eigenvalue weighted by atomic mass is 9.90. The molecule has 0 saturated heterocycles. The molecule has 0 amide bonds. The molecule has 0 bridgehead atoms. The van der Waals surface area contributed by atoms with Gasteiger partial charge in [-0.3, -0.25) is 0 Å². The van der Waals surface area contributed by atoms with Crippen molar-refractivity contribution >= 4 is 54.4 Å². The van der Waals surface area contributed by atoms with Gasteiger partial charge in [0.1, 0.15) is 11.9 Å². The Labute approximate surface area is 282 Å². The highest BCUT2D eigenvalue weighted by Crippen LogP contribution is 2.52. The number of benzene rings is 7. The van der Waals surface area contributed by atoms with Gasteiger partial charge in [0.15, 0.2) is 0 Å². The first kappa shape index (κ1) is 25.7. The average Bonchev–Trinajstić information content (AvgIpc) is 3.89. The third-order valence-corrected chi connectivity index (χ3v) is 11.2. The summed E-state index contributed by atoms with van der Waals surface area (Å²) in [5, 5.41) is 7.64. The molecule has 49 heavy (non-hydrogen) atoms. The summed E-state index contributed by atoms with van der Waals surface area (Å²) in [4.78, 5) is 0. The molecule has 7 aromatic carbocycles. The van der Waals surface area contributed by atoms with Crippen molar-refractivity contribution < 1.29 is 4.74 Å². The lowest BCUT2D eigenvalue weighted by Gasteiger charge is -2.16. The maximum atomic E-state index is 6.58. The molecule has 0 spiro atoms. The number of ether oxygens (including phenoxy) is 1. The molecule has 3 aliphatic rings. The average molecular weight is 625 g/mol. The summed E-state index contributed by atoms with van der Waals surface area (Å²) in [5.74, 6) is 1.14. The second-order valence-corrected chi connectivity index (χ2v) is 13.5. The molecule has 0 fully saturated rings. The maximum Gasteiger partial charge on any atom is 0.128 e. The second kappa shape index (κ2) is 9.18. The number of nitrogens with zero attached hydrogens (tertiary/aromatic N) is 2. The number of rotatable bonds is 2. The highest BCUT2D eigenvalue weighted by molar-refractivity contribution is 6.27. The Bertz CT molecular complexity index is 2940. The molecule has 12 rings (SSSR count). The van der Waals surface area contributed by atoms with Crippen molar-refractivity contribution in [1.82, 2.24) is 9.13 Å². The van der Waals surface area contributed by atoms with Gasteiger partial charge in [0.2, 0.25) is 0 Å². The fourth-order valence-corrected chi connectivity index (χ4v) is 9.27. The van der Waals surface area contributed by atoms with E-state index in [1.54, 1.807) is 0 Å². The number of hydrogen-bond donors (Lipinski definition) is 0. The summed E-state index contributed by atoms with van der Waals surface area (Å²) in [6, 6.07) is 49.2. The third kappa shape index (κ3) is 3.18. The highest BCUT2D eigenvalue weighted by atomic mass is 16.5. The zero-order chi connectivity index (χ0) is 31.8. The molecule has 2 aliphatic carbocycles. The zero-order valence-electron chi connectivity index (χ0n) is 26.5. The second-order valence-electron chi connectivity index (χ2n) is 13.5. The first-order chi connectivity index (χ1) is 24.3. The van der Waals surface area contributed by atoms with E-state index in [-0.39, 0.29) is 12.0 Å². The van der Waals surface area contributed by atoms with Crippen molar-refractivity contribution in [3.05, 3.63) is 163 Å². The van der Waals surface area contributed by atoms with Crippen molar-refractivity contribution in [2.75, 3.05) is 0 Å². The number of allylic oxidation sites excluding steroid dienone is 2. The Kier molecular flexibility index (Phi) is 4.82. The minimum absolute atomic E-state index is 0.0111. The van der Waals surface area contributed by atoms with Crippen LogP contribution in [-0.4, -0.2) is 15.2 Å². The molecule has 2 atom stereocenters. The van der Waals surface area contributed by atoms with Crippen LogP contribution in [0, 0.1) is 0 Å². The molecular formula is C46H28N2O. The summed E-state index contributed by atoms with van der Waals surface area (Å²) >= 11 is 0. The fourth-order valence-electron chi connectivity index (χ4n) is 9.27. The van der Waals surface area contributed by atoms with Crippen molar-refractivity contribution in [1.29, 1.82) is 0 Å². The van der Waals surface area contributed by atoms with Crippen LogP contribution in [0.25, 0.3) is 88.0 Å². The Morgan fingerprint density at radius 1 is 0.449 bits per heavy atom. The van der Waals surface area contributed by atoms with Gasteiger partial charge in [0.05, 0.1) is 27.8 Å². The Morgan fingerprint density at radius 3 is 2.08 bits per heavy atom. The summed E-state index contributed by atoms with van der Waals surface area (Å²) in [7, 11) is 0. The van der Waals surface area contributed by atoms with Gasteiger partial charge in [0, 0.05) is 44.1 Å². The SMILES string of the molecule is C1=CC2Oc3ccc4c5c(ccc6c7ccccc7n(-c7ccc8c9c(cccc79)-c7ccccc7-8)c65)n(-c5ccccc5)c4c3C2C=C1. The molecule has 2 aromatic heterocycles. The Hall–Kier alpha value is -6.32. The summed E-state index contributed by atoms with van der Waals surface area (Å²) < 4.78 is 11.6. The van der Waals surface area contributed by atoms with E-state index in [0.29, 0.717) is 0 Å². The van der Waals surface area contributed by atoms with E-state index in [4.69, 9.17) is 4.74 Å². The van der Waals surface area contributed by atoms with Crippen LogP contribution < -0.4 is 4.74 Å². The van der Waals surface area contributed by atoms with Gasteiger partial charge in [0.25, 0.3) is 0 Å². The van der Waals surface area contributed by atoms with Crippen LogP contribution in [0.5, 0.6) is 5.75 Å². The third-order valence-electron chi connectivity index (χ3n) is 11.2. The molecule has 3 heteroatoms. The van der Waals surface area contributed by atoms with E-state index in [9.17, 15) is 0 Å². The van der Waals surface area contributed by atoms with Crippen LogP contribution in [0.2, 0.25) is 0 Å². The van der Waals surface area contributed by atoms with Crippen molar-refractivity contribution in [3.63, 3.8) is 0 Å². The Morgan fingerprint density at radius 2 is 1.18 bits per heavy atom. The van der Waals surface area contributed by atoms with Gasteiger partial charge in [-0.2, -0.15) is 0 Å². The van der Waals surface area contributed by atoms with Gasteiger partial charge in [-0.05, 0) is 76.2 Å². The molecule has 0 radical (unpaired) electrons. The van der Waals surface area contributed by atoms with Gasteiger partial charge < -0.3 is 13.9 Å². The van der Waals surface area contributed by atoms with Crippen LogP contribution in [-0.2, 0) is 0 Å². The fraction of sp³-hybridized carbons (Fsp3) is 0.0435. The lowest BCUT2D eigenvalue weighted by Crippen LogP contribution is -2.15. The van der Waals surface area contributed by atoms with E-state index in [2.05, 4.69) is 167 Å².